The van der Waals surface area contributed by atoms with Crippen molar-refractivity contribution in [3.8, 4) is 0 Å². The van der Waals surface area contributed by atoms with Crippen molar-refractivity contribution in [2.75, 3.05) is 30.3 Å². The number of anilines is 2. The van der Waals surface area contributed by atoms with Crippen LogP contribution in [0, 0.1) is 5.82 Å². The van der Waals surface area contributed by atoms with E-state index in [9.17, 15) is 14.0 Å². The monoisotopic (exact) mass is 393 g/mol. The molecule has 1 saturated heterocycles. The summed E-state index contributed by atoms with van der Waals surface area (Å²) in [5, 5.41) is 8.29. The van der Waals surface area contributed by atoms with E-state index in [0.717, 1.165) is 5.56 Å². The largest absolute Gasteiger partial charge is 0.366 e. The van der Waals surface area contributed by atoms with Gasteiger partial charge in [0.05, 0.1) is 18.7 Å². The van der Waals surface area contributed by atoms with Crippen LogP contribution in [0.2, 0.25) is 0 Å². The van der Waals surface area contributed by atoms with Crippen LogP contribution < -0.4 is 16.0 Å². The third-order valence-corrected chi connectivity index (χ3v) is 3.94. The number of halogens is 2. The average molecular weight is 394 g/mol. The predicted molar refractivity (Wildman–Crippen MR) is 104 cm³/mol. The van der Waals surface area contributed by atoms with Crippen molar-refractivity contribution >= 4 is 35.6 Å². The molecule has 6 nitrogen and oxygen atoms in total. The van der Waals surface area contributed by atoms with E-state index >= 15 is 0 Å². The van der Waals surface area contributed by atoms with Crippen LogP contribution in [-0.4, -0.2) is 37.6 Å². The first-order valence-electron chi connectivity index (χ1n) is 8.38. The summed E-state index contributed by atoms with van der Waals surface area (Å²) in [4.78, 5) is 24.3. The molecule has 1 atom stereocenters. The Morgan fingerprint density at radius 3 is 2.63 bits per heavy atom. The van der Waals surface area contributed by atoms with Crippen LogP contribution in [0.4, 0.5) is 15.8 Å². The Bertz CT molecular complexity index is 783. The molecule has 1 aliphatic heterocycles. The van der Waals surface area contributed by atoms with E-state index in [1.165, 1.54) is 18.2 Å². The topological polar surface area (TPSA) is 79.5 Å². The average Bonchev–Trinajstić information content (AvgIpc) is 2.66. The first kappa shape index (κ1) is 20.8. The number of benzene rings is 2. The highest BCUT2D eigenvalue weighted by Crippen LogP contribution is 2.20. The Labute approximate surface area is 162 Å². The number of rotatable bonds is 5. The molecule has 27 heavy (non-hydrogen) atoms. The molecule has 1 fully saturated rings. The standard InChI is InChI=1S/C19H20FN3O3.ClH/c20-15-7-6-14(22-19(25)17-12-21-8-9-26-17)11-16(15)23-18(24)10-13-4-2-1-3-5-13;/h1-7,11,17,21H,8-10,12H2,(H,22,25)(H,23,24);1H. The number of carbonyl (C=O) groups is 2. The predicted octanol–water partition coefficient (Wildman–Crippen LogP) is 2.36. The van der Waals surface area contributed by atoms with E-state index in [2.05, 4.69) is 16.0 Å². The fraction of sp³-hybridized carbons (Fsp3) is 0.263. The SMILES string of the molecule is Cl.O=C(Cc1ccccc1)Nc1cc(NC(=O)C2CNCCO2)ccc1F. The van der Waals surface area contributed by atoms with Gasteiger partial charge in [-0.2, -0.15) is 0 Å². The highest BCUT2D eigenvalue weighted by molar-refractivity contribution is 5.96. The Balaban J connectivity index is 0.00000261. The van der Waals surface area contributed by atoms with Gasteiger partial charge in [0, 0.05) is 18.8 Å². The zero-order chi connectivity index (χ0) is 18.4. The summed E-state index contributed by atoms with van der Waals surface area (Å²) in [7, 11) is 0. The third kappa shape index (κ3) is 6.02. The van der Waals surface area contributed by atoms with Gasteiger partial charge in [0.25, 0.3) is 5.91 Å². The molecule has 144 valence electrons. The van der Waals surface area contributed by atoms with Gasteiger partial charge in [0.2, 0.25) is 5.91 Å². The molecule has 0 aromatic heterocycles. The maximum Gasteiger partial charge on any atom is 0.254 e. The zero-order valence-corrected chi connectivity index (χ0v) is 15.4. The summed E-state index contributed by atoms with van der Waals surface area (Å²) in [5.41, 5.74) is 1.24. The lowest BCUT2D eigenvalue weighted by Gasteiger charge is -2.22. The van der Waals surface area contributed by atoms with Crippen molar-refractivity contribution in [1.29, 1.82) is 0 Å². The minimum Gasteiger partial charge on any atom is -0.366 e. The second-order valence-corrected chi connectivity index (χ2v) is 5.96. The number of ether oxygens (including phenoxy) is 1. The maximum absolute atomic E-state index is 14.0. The lowest BCUT2D eigenvalue weighted by molar-refractivity contribution is -0.128. The van der Waals surface area contributed by atoms with Crippen LogP contribution in [-0.2, 0) is 20.7 Å². The highest BCUT2D eigenvalue weighted by atomic mass is 35.5. The number of amides is 2. The number of nitrogens with one attached hydrogen (secondary N) is 3. The van der Waals surface area contributed by atoms with Crippen molar-refractivity contribution in [1.82, 2.24) is 5.32 Å². The van der Waals surface area contributed by atoms with Gasteiger partial charge in [0.15, 0.2) is 0 Å². The molecule has 3 N–H and O–H groups in total. The fourth-order valence-corrected chi connectivity index (χ4v) is 2.63. The number of morpholine rings is 1. The first-order chi connectivity index (χ1) is 12.6. The summed E-state index contributed by atoms with van der Waals surface area (Å²) in [6.07, 6.45) is -0.455. The van der Waals surface area contributed by atoms with Crippen LogP contribution in [0.25, 0.3) is 0 Å². The lowest BCUT2D eigenvalue weighted by atomic mass is 10.1. The molecule has 0 saturated carbocycles. The van der Waals surface area contributed by atoms with Crippen molar-refractivity contribution in [2.45, 2.75) is 12.5 Å². The van der Waals surface area contributed by atoms with E-state index in [-0.39, 0.29) is 36.3 Å². The fourth-order valence-electron chi connectivity index (χ4n) is 2.63. The molecule has 1 aliphatic rings. The summed E-state index contributed by atoms with van der Waals surface area (Å²) >= 11 is 0. The van der Waals surface area contributed by atoms with Gasteiger partial charge >= 0.3 is 0 Å². The zero-order valence-electron chi connectivity index (χ0n) is 14.5. The van der Waals surface area contributed by atoms with Crippen LogP contribution in [0.5, 0.6) is 0 Å². The van der Waals surface area contributed by atoms with Gasteiger partial charge in [-0.05, 0) is 23.8 Å². The van der Waals surface area contributed by atoms with E-state index in [4.69, 9.17) is 4.74 Å². The summed E-state index contributed by atoms with van der Waals surface area (Å²) in [6, 6.07) is 13.2. The third-order valence-electron chi connectivity index (χ3n) is 3.94. The highest BCUT2D eigenvalue weighted by Gasteiger charge is 2.22. The minimum atomic E-state index is -0.593. The van der Waals surface area contributed by atoms with E-state index < -0.39 is 11.9 Å². The summed E-state index contributed by atoms with van der Waals surface area (Å²) < 4.78 is 19.4. The lowest BCUT2D eigenvalue weighted by Crippen LogP contribution is -2.45. The summed E-state index contributed by atoms with van der Waals surface area (Å²) in [6.45, 7) is 1.59. The van der Waals surface area contributed by atoms with E-state index in [0.29, 0.717) is 25.4 Å². The summed E-state index contributed by atoms with van der Waals surface area (Å²) in [5.74, 6) is -1.22. The Morgan fingerprint density at radius 1 is 1.15 bits per heavy atom. The second-order valence-electron chi connectivity index (χ2n) is 5.96. The Morgan fingerprint density at radius 2 is 1.93 bits per heavy atom. The molecular weight excluding hydrogens is 373 g/mol. The molecule has 0 bridgehead atoms. The van der Waals surface area contributed by atoms with Gasteiger partial charge < -0.3 is 20.7 Å². The van der Waals surface area contributed by atoms with Gasteiger partial charge in [-0.1, -0.05) is 30.3 Å². The van der Waals surface area contributed by atoms with Crippen molar-refractivity contribution < 1.29 is 18.7 Å². The van der Waals surface area contributed by atoms with Crippen molar-refractivity contribution in [3.05, 3.63) is 59.9 Å². The Hall–Kier alpha value is -2.48. The van der Waals surface area contributed by atoms with E-state index in [1.54, 1.807) is 0 Å². The molecular formula is C19H21ClFN3O3. The van der Waals surface area contributed by atoms with Gasteiger partial charge in [-0.15, -0.1) is 12.4 Å². The van der Waals surface area contributed by atoms with Gasteiger partial charge in [-0.25, -0.2) is 4.39 Å². The maximum atomic E-state index is 14.0. The second kappa shape index (κ2) is 10.0. The van der Waals surface area contributed by atoms with Crippen LogP contribution in [0.15, 0.2) is 48.5 Å². The first-order valence-corrected chi connectivity index (χ1v) is 8.38. The number of carbonyl (C=O) groups excluding carboxylic acids is 2. The van der Waals surface area contributed by atoms with E-state index in [1.807, 2.05) is 30.3 Å². The molecule has 0 radical (unpaired) electrons. The molecule has 1 heterocycles. The molecule has 3 rings (SSSR count). The quantitative estimate of drug-likeness (QED) is 0.728. The molecule has 1 unspecified atom stereocenters. The smallest absolute Gasteiger partial charge is 0.254 e. The normalized spacial score (nSPS) is 16.1. The molecule has 8 heteroatoms. The van der Waals surface area contributed by atoms with Crippen LogP contribution in [0.3, 0.4) is 0 Å². The van der Waals surface area contributed by atoms with Gasteiger partial charge in [0.1, 0.15) is 11.9 Å². The number of hydrogen-bond donors (Lipinski definition) is 3. The molecule has 2 aromatic carbocycles. The molecule has 0 spiro atoms. The molecule has 2 aromatic rings. The van der Waals surface area contributed by atoms with Crippen molar-refractivity contribution in [3.63, 3.8) is 0 Å². The van der Waals surface area contributed by atoms with Crippen LogP contribution in [0.1, 0.15) is 5.56 Å². The molecule has 2 amide bonds. The van der Waals surface area contributed by atoms with Crippen molar-refractivity contribution in [2.24, 2.45) is 0 Å². The molecule has 0 aliphatic carbocycles. The van der Waals surface area contributed by atoms with Gasteiger partial charge in [-0.3, -0.25) is 9.59 Å². The number of hydrogen-bond acceptors (Lipinski definition) is 4. The Kier molecular flexibility index (Phi) is 7.72. The van der Waals surface area contributed by atoms with Crippen LogP contribution >= 0.6 is 12.4 Å². The minimum absolute atomic E-state index is 0.